The molecule has 0 aliphatic carbocycles. The van der Waals surface area contributed by atoms with Gasteiger partial charge in [0, 0.05) is 30.1 Å². The molecule has 0 radical (unpaired) electrons. The fourth-order valence-electron chi connectivity index (χ4n) is 3.22. The fourth-order valence-corrected chi connectivity index (χ4v) is 3.78. The molecule has 0 saturated carbocycles. The molecule has 1 aromatic rings. The zero-order chi connectivity index (χ0) is 14.1. The van der Waals surface area contributed by atoms with Gasteiger partial charge in [0.25, 0.3) is 5.91 Å². The number of carbonyl (C=O) groups excluding carboxylic acids is 1. The highest BCUT2D eigenvalue weighted by Crippen LogP contribution is 2.26. The minimum atomic E-state index is 0.0602. The predicted molar refractivity (Wildman–Crippen MR) is 84.3 cm³/mol. The lowest BCUT2D eigenvalue weighted by atomic mass is 10.1. The third-order valence-electron chi connectivity index (χ3n) is 4.25. The molecule has 2 saturated heterocycles. The van der Waals surface area contributed by atoms with E-state index in [0.29, 0.717) is 16.6 Å². The van der Waals surface area contributed by atoms with Crippen molar-refractivity contribution in [2.24, 2.45) is 0 Å². The van der Waals surface area contributed by atoms with Crippen molar-refractivity contribution >= 4 is 33.4 Å². The van der Waals surface area contributed by atoms with Crippen LogP contribution in [0.2, 0.25) is 5.02 Å². The molecule has 3 nitrogen and oxygen atoms in total. The van der Waals surface area contributed by atoms with E-state index in [1.54, 1.807) is 6.07 Å². The van der Waals surface area contributed by atoms with Crippen molar-refractivity contribution in [3.05, 3.63) is 33.3 Å². The van der Waals surface area contributed by atoms with Gasteiger partial charge < -0.3 is 4.90 Å². The summed E-state index contributed by atoms with van der Waals surface area (Å²) in [4.78, 5) is 17.2. The minimum Gasteiger partial charge on any atom is -0.337 e. The zero-order valence-electron chi connectivity index (χ0n) is 11.3. The largest absolute Gasteiger partial charge is 0.337 e. The van der Waals surface area contributed by atoms with E-state index in [4.69, 9.17) is 11.6 Å². The van der Waals surface area contributed by atoms with Crippen LogP contribution in [-0.2, 0) is 0 Å². The summed E-state index contributed by atoms with van der Waals surface area (Å²) in [6.45, 7) is 3.96. The van der Waals surface area contributed by atoms with Crippen LogP contribution in [0.15, 0.2) is 22.7 Å². The molecule has 108 valence electrons. The summed E-state index contributed by atoms with van der Waals surface area (Å²) in [5.41, 5.74) is 0.604. The second-order valence-corrected chi connectivity index (χ2v) is 6.88. The van der Waals surface area contributed by atoms with Crippen molar-refractivity contribution in [1.82, 2.24) is 9.80 Å². The number of fused-ring (bicyclic) bond motifs is 1. The molecule has 5 heteroatoms. The molecule has 1 unspecified atom stereocenters. The Bertz CT molecular complexity index is 523. The van der Waals surface area contributed by atoms with Crippen LogP contribution in [0, 0.1) is 0 Å². The van der Waals surface area contributed by atoms with Crippen molar-refractivity contribution < 1.29 is 4.79 Å². The number of nitrogens with zero attached hydrogens (tertiary/aromatic N) is 2. The fraction of sp³-hybridized carbons (Fsp3) is 0.533. The summed E-state index contributed by atoms with van der Waals surface area (Å²) < 4.78 is 0.891. The maximum Gasteiger partial charge on any atom is 0.255 e. The Morgan fingerprint density at radius 1 is 1.25 bits per heavy atom. The average Bonchev–Trinajstić information content (AvgIpc) is 2.78. The van der Waals surface area contributed by atoms with Gasteiger partial charge in [-0.15, -0.1) is 0 Å². The van der Waals surface area contributed by atoms with Crippen molar-refractivity contribution in [2.45, 2.75) is 25.3 Å². The molecule has 1 aromatic carbocycles. The molecule has 0 bridgehead atoms. The van der Waals surface area contributed by atoms with Gasteiger partial charge in [0.15, 0.2) is 0 Å². The minimum absolute atomic E-state index is 0.0602. The van der Waals surface area contributed by atoms with Crippen LogP contribution in [0.5, 0.6) is 0 Å². The molecule has 0 spiro atoms. The van der Waals surface area contributed by atoms with Gasteiger partial charge in [-0.1, -0.05) is 27.5 Å². The van der Waals surface area contributed by atoms with Crippen molar-refractivity contribution in [3.63, 3.8) is 0 Å². The quantitative estimate of drug-likeness (QED) is 0.769. The Morgan fingerprint density at radius 2 is 2.05 bits per heavy atom. The summed E-state index contributed by atoms with van der Waals surface area (Å²) in [6, 6.07) is 5.99. The predicted octanol–water partition coefficient (Wildman–Crippen LogP) is 3.41. The van der Waals surface area contributed by atoms with Gasteiger partial charge in [0.2, 0.25) is 0 Å². The summed E-state index contributed by atoms with van der Waals surface area (Å²) in [7, 11) is 0. The first-order valence-corrected chi connectivity index (χ1v) is 8.30. The van der Waals surface area contributed by atoms with Gasteiger partial charge in [-0.3, -0.25) is 9.69 Å². The molecule has 0 N–H and O–H groups in total. The van der Waals surface area contributed by atoms with Crippen molar-refractivity contribution in [2.75, 3.05) is 26.2 Å². The van der Waals surface area contributed by atoms with Gasteiger partial charge in [0.1, 0.15) is 0 Å². The lowest BCUT2D eigenvalue weighted by Gasteiger charge is -2.26. The third kappa shape index (κ3) is 2.87. The number of hydrogen-bond donors (Lipinski definition) is 0. The lowest BCUT2D eigenvalue weighted by Crippen LogP contribution is -2.39. The molecular formula is C15H18BrClN2O. The Kier molecular flexibility index (Phi) is 4.34. The monoisotopic (exact) mass is 356 g/mol. The summed E-state index contributed by atoms with van der Waals surface area (Å²) in [5.74, 6) is 0.0602. The number of hydrogen-bond acceptors (Lipinski definition) is 2. The van der Waals surface area contributed by atoms with Crippen molar-refractivity contribution in [1.29, 1.82) is 0 Å². The molecule has 2 fully saturated rings. The van der Waals surface area contributed by atoms with E-state index in [9.17, 15) is 4.79 Å². The van der Waals surface area contributed by atoms with Crippen LogP contribution >= 0.6 is 27.5 Å². The lowest BCUT2D eigenvalue weighted by molar-refractivity contribution is 0.0743. The van der Waals surface area contributed by atoms with Crippen LogP contribution < -0.4 is 0 Å². The highest BCUT2D eigenvalue weighted by atomic mass is 79.9. The van der Waals surface area contributed by atoms with Crippen LogP contribution in [0.3, 0.4) is 0 Å². The third-order valence-corrected chi connectivity index (χ3v) is 5.07. The Morgan fingerprint density at radius 3 is 2.90 bits per heavy atom. The summed E-state index contributed by atoms with van der Waals surface area (Å²) in [5, 5.41) is 0.533. The molecule has 2 aliphatic rings. The average molecular weight is 358 g/mol. The maximum absolute atomic E-state index is 12.7. The van der Waals surface area contributed by atoms with Crippen LogP contribution in [0.25, 0.3) is 0 Å². The second-order valence-electron chi connectivity index (χ2n) is 5.56. The van der Waals surface area contributed by atoms with Gasteiger partial charge in [-0.05, 0) is 44.0 Å². The van der Waals surface area contributed by atoms with E-state index in [1.165, 1.54) is 19.4 Å². The standard InChI is InChI=1S/C15H18BrClN2O/c16-11-4-5-14(17)13(9-11)15(20)19-8-2-7-18-6-1-3-12(18)10-19/h4-5,9,12H,1-3,6-8,10H2. The second kappa shape index (κ2) is 6.04. The van der Waals surface area contributed by atoms with E-state index in [2.05, 4.69) is 20.8 Å². The van der Waals surface area contributed by atoms with Gasteiger partial charge in [-0.25, -0.2) is 0 Å². The molecular weight excluding hydrogens is 340 g/mol. The number of halogens is 2. The first kappa shape index (κ1) is 14.4. The number of amides is 1. The molecule has 1 amide bonds. The zero-order valence-corrected chi connectivity index (χ0v) is 13.7. The van der Waals surface area contributed by atoms with Gasteiger partial charge in [0.05, 0.1) is 10.6 Å². The Balaban J connectivity index is 1.80. The van der Waals surface area contributed by atoms with E-state index >= 15 is 0 Å². The van der Waals surface area contributed by atoms with Crippen molar-refractivity contribution in [3.8, 4) is 0 Å². The highest BCUT2D eigenvalue weighted by Gasteiger charge is 2.31. The molecule has 0 aromatic heterocycles. The topological polar surface area (TPSA) is 23.6 Å². The molecule has 2 aliphatic heterocycles. The molecule has 3 rings (SSSR count). The van der Waals surface area contributed by atoms with Gasteiger partial charge >= 0.3 is 0 Å². The van der Waals surface area contributed by atoms with E-state index in [-0.39, 0.29) is 5.91 Å². The number of carbonyl (C=O) groups is 1. The first-order chi connectivity index (χ1) is 9.65. The normalized spacial score (nSPS) is 23.5. The Hall–Kier alpha value is -0.580. The Labute approximate surface area is 133 Å². The van der Waals surface area contributed by atoms with Crippen LogP contribution in [0.1, 0.15) is 29.6 Å². The SMILES string of the molecule is O=C(c1cc(Br)ccc1Cl)N1CCCN2CCCC2C1. The van der Waals surface area contributed by atoms with Gasteiger partial charge in [-0.2, -0.15) is 0 Å². The van der Waals surface area contributed by atoms with E-state index in [1.807, 2.05) is 17.0 Å². The first-order valence-electron chi connectivity index (χ1n) is 7.13. The number of benzene rings is 1. The molecule has 2 heterocycles. The molecule has 1 atom stereocenters. The summed E-state index contributed by atoms with van der Waals surface area (Å²) in [6.07, 6.45) is 3.51. The maximum atomic E-state index is 12.7. The highest BCUT2D eigenvalue weighted by molar-refractivity contribution is 9.10. The summed E-state index contributed by atoms with van der Waals surface area (Å²) >= 11 is 9.60. The van der Waals surface area contributed by atoms with Crippen LogP contribution in [-0.4, -0.2) is 47.9 Å². The number of rotatable bonds is 1. The van der Waals surface area contributed by atoms with E-state index in [0.717, 1.165) is 30.5 Å². The molecule has 20 heavy (non-hydrogen) atoms. The van der Waals surface area contributed by atoms with Crippen LogP contribution in [0.4, 0.5) is 0 Å². The smallest absolute Gasteiger partial charge is 0.255 e. The van der Waals surface area contributed by atoms with E-state index < -0.39 is 0 Å².